The van der Waals surface area contributed by atoms with Crippen LogP contribution in [0.4, 0.5) is 0 Å². The van der Waals surface area contributed by atoms with Gasteiger partial charge in [0.05, 0.1) is 11.7 Å². The molecule has 1 aromatic heterocycles. The summed E-state index contributed by atoms with van der Waals surface area (Å²) in [6, 6.07) is -1.65. The van der Waals surface area contributed by atoms with Crippen LogP contribution in [0.5, 0.6) is 0 Å². The molecule has 1 rings (SSSR count). The average molecular weight is 226 g/mol. The van der Waals surface area contributed by atoms with E-state index in [4.69, 9.17) is 16.6 Å². The molecule has 1 heterocycles. The second-order valence-corrected chi connectivity index (χ2v) is 3.55. The number of carboxylic acid groups (broad SMARTS) is 1. The number of aliphatic carboxylic acids is 1. The van der Waals surface area contributed by atoms with Gasteiger partial charge >= 0.3 is 5.97 Å². The number of hydrogen-bond donors (Lipinski definition) is 3. The van der Waals surface area contributed by atoms with E-state index in [2.05, 4.69) is 4.98 Å². The molecule has 0 aliphatic carbocycles. The summed E-state index contributed by atoms with van der Waals surface area (Å²) < 4.78 is 1.23. The molecule has 1 aromatic rings. The van der Waals surface area contributed by atoms with E-state index in [0.29, 0.717) is 5.69 Å². The van der Waals surface area contributed by atoms with Crippen molar-refractivity contribution >= 4 is 11.9 Å². The average Bonchev–Trinajstić information content (AvgIpc) is 2.64. The number of hydrogen-bond acceptors (Lipinski definition) is 5. The predicted octanol–water partition coefficient (Wildman–Crippen LogP) is -1.18. The van der Waals surface area contributed by atoms with E-state index >= 15 is 0 Å². The summed E-state index contributed by atoms with van der Waals surface area (Å²) in [5.41, 5.74) is 11.2. The largest absolute Gasteiger partial charge is 0.480 e. The van der Waals surface area contributed by atoms with Crippen molar-refractivity contribution < 1.29 is 14.7 Å². The first kappa shape index (κ1) is 12.3. The third-order valence-corrected chi connectivity index (χ3v) is 2.03. The molecule has 0 radical (unpaired) electrons. The zero-order valence-corrected chi connectivity index (χ0v) is 8.83. The van der Waals surface area contributed by atoms with E-state index < -0.39 is 18.1 Å². The fourth-order valence-electron chi connectivity index (χ4n) is 1.14. The van der Waals surface area contributed by atoms with Crippen LogP contribution >= 0.6 is 0 Å². The Morgan fingerprint density at radius 3 is 2.69 bits per heavy atom. The molecule has 88 valence electrons. The summed E-state index contributed by atoms with van der Waals surface area (Å²) >= 11 is 0. The lowest BCUT2D eigenvalue weighted by Crippen LogP contribution is -2.32. The zero-order chi connectivity index (χ0) is 12.3. The van der Waals surface area contributed by atoms with Crippen molar-refractivity contribution in [3.8, 4) is 0 Å². The second-order valence-electron chi connectivity index (χ2n) is 3.55. The third kappa shape index (κ3) is 2.88. The number of nitrogens with two attached hydrogens (primary N) is 2. The molecule has 16 heavy (non-hydrogen) atoms. The van der Waals surface area contributed by atoms with E-state index in [1.165, 1.54) is 17.1 Å². The molecule has 0 aliphatic heterocycles. The van der Waals surface area contributed by atoms with Gasteiger partial charge in [0.25, 0.3) is 0 Å². The van der Waals surface area contributed by atoms with Gasteiger partial charge in [0.15, 0.2) is 0 Å². The van der Waals surface area contributed by atoms with Crippen LogP contribution in [-0.2, 0) is 11.2 Å². The Balaban J connectivity index is 2.72. The minimum Gasteiger partial charge on any atom is -0.480 e. The summed E-state index contributed by atoms with van der Waals surface area (Å²) in [5.74, 6) is -1.41. The van der Waals surface area contributed by atoms with Crippen molar-refractivity contribution in [1.29, 1.82) is 0 Å². The van der Waals surface area contributed by atoms with E-state index in [9.17, 15) is 9.59 Å². The van der Waals surface area contributed by atoms with Gasteiger partial charge < -0.3 is 16.6 Å². The van der Waals surface area contributed by atoms with Gasteiger partial charge in [0.1, 0.15) is 12.4 Å². The lowest BCUT2D eigenvalue weighted by Gasteiger charge is -2.04. The van der Waals surface area contributed by atoms with Crippen molar-refractivity contribution in [2.75, 3.05) is 0 Å². The van der Waals surface area contributed by atoms with Crippen LogP contribution in [0.2, 0.25) is 0 Å². The lowest BCUT2D eigenvalue weighted by atomic mass is 10.2. The normalized spacial score (nSPS) is 14.4. The van der Waals surface area contributed by atoms with E-state index in [1.54, 1.807) is 6.92 Å². The van der Waals surface area contributed by atoms with Crippen molar-refractivity contribution in [2.45, 2.75) is 25.4 Å². The van der Waals surface area contributed by atoms with Crippen molar-refractivity contribution in [1.82, 2.24) is 9.55 Å². The number of nitrogens with zero attached hydrogens (tertiary/aromatic N) is 2. The van der Waals surface area contributed by atoms with E-state index in [-0.39, 0.29) is 12.3 Å². The van der Waals surface area contributed by atoms with Gasteiger partial charge in [-0.25, -0.2) is 4.98 Å². The maximum atomic E-state index is 11.4. The van der Waals surface area contributed by atoms with Gasteiger partial charge in [-0.2, -0.15) is 0 Å². The van der Waals surface area contributed by atoms with E-state index in [1.807, 2.05) is 0 Å². The summed E-state index contributed by atoms with van der Waals surface area (Å²) in [4.78, 5) is 25.8. The molecule has 2 atom stereocenters. The van der Waals surface area contributed by atoms with Gasteiger partial charge in [-0.1, -0.05) is 0 Å². The monoisotopic (exact) mass is 226 g/mol. The molecule has 0 bridgehead atoms. The quantitative estimate of drug-likeness (QED) is 0.593. The molecule has 0 fully saturated rings. The van der Waals surface area contributed by atoms with Crippen LogP contribution in [0, 0.1) is 0 Å². The molecule has 0 aliphatic rings. The van der Waals surface area contributed by atoms with Gasteiger partial charge in [-0.15, -0.1) is 0 Å². The molecule has 0 amide bonds. The first-order chi connectivity index (χ1) is 7.41. The Bertz CT molecular complexity index is 399. The molecule has 0 saturated heterocycles. The number of carboxylic acids is 1. The van der Waals surface area contributed by atoms with Crippen LogP contribution in [-0.4, -0.2) is 38.6 Å². The molecule has 1 unspecified atom stereocenters. The first-order valence-corrected chi connectivity index (χ1v) is 4.73. The minimum atomic E-state index is -1.10. The Hall–Kier alpha value is -1.73. The Labute approximate surface area is 92.1 Å². The number of aromatic nitrogens is 2. The van der Waals surface area contributed by atoms with E-state index in [0.717, 1.165) is 0 Å². The highest BCUT2D eigenvalue weighted by atomic mass is 16.4. The summed E-state index contributed by atoms with van der Waals surface area (Å²) in [5, 5.41) is 8.60. The van der Waals surface area contributed by atoms with Gasteiger partial charge in [0, 0.05) is 12.6 Å². The standard InChI is InChI=1S/C9H14N4O3/c1-5(10)8(14)13-3-6(12-4-13)2-7(11)9(15)16/h3-5,7H,2,10-11H2,1H3,(H,15,16)/t5?,7-/m0/s1. The maximum Gasteiger partial charge on any atom is 0.320 e. The summed E-state index contributed by atoms with van der Waals surface area (Å²) in [6.07, 6.45) is 2.82. The number of imidazole rings is 1. The smallest absolute Gasteiger partial charge is 0.320 e. The molecule has 0 aromatic carbocycles. The highest BCUT2D eigenvalue weighted by Gasteiger charge is 2.16. The van der Waals surface area contributed by atoms with Crippen LogP contribution in [0.15, 0.2) is 12.5 Å². The summed E-state index contributed by atoms with van der Waals surface area (Å²) in [7, 11) is 0. The van der Waals surface area contributed by atoms with Gasteiger partial charge in [-0.05, 0) is 6.92 Å². The zero-order valence-electron chi connectivity index (χ0n) is 8.83. The van der Waals surface area contributed by atoms with Crippen LogP contribution in [0.3, 0.4) is 0 Å². The molecule has 5 N–H and O–H groups in total. The van der Waals surface area contributed by atoms with Crippen molar-refractivity contribution in [3.63, 3.8) is 0 Å². The fourth-order valence-corrected chi connectivity index (χ4v) is 1.14. The minimum absolute atomic E-state index is 0.0779. The topological polar surface area (TPSA) is 124 Å². The van der Waals surface area contributed by atoms with Crippen LogP contribution < -0.4 is 11.5 Å². The molecule has 7 heteroatoms. The van der Waals surface area contributed by atoms with Crippen LogP contribution in [0.1, 0.15) is 17.4 Å². The molecule has 7 nitrogen and oxygen atoms in total. The number of carbonyl (C=O) groups excluding carboxylic acids is 1. The fraction of sp³-hybridized carbons (Fsp3) is 0.444. The molecular weight excluding hydrogens is 212 g/mol. The van der Waals surface area contributed by atoms with Gasteiger partial charge in [0.2, 0.25) is 5.91 Å². The molecule has 0 spiro atoms. The van der Waals surface area contributed by atoms with Crippen molar-refractivity contribution in [2.24, 2.45) is 11.5 Å². The Kier molecular flexibility index (Phi) is 3.75. The number of rotatable bonds is 4. The third-order valence-electron chi connectivity index (χ3n) is 2.03. The van der Waals surface area contributed by atoms with Gasteiger partial charge in [-0.3, -0.25) is 14.2 Å². The maximum absolute atomic E-state index is 11.4. The Morgan fingerprint density at radius 2 is 2.19 bits per heavy atom. The predicted molar refractivity (Wildman–Crippen MR) is 55.8 cm³/mol. The number of carbonyl (C=O) groups is 2. The molecule has 0 saturated carbocycles. The lowest BCUT2D eigenvalue weighted by molar-refractivity contribution is -0.138. The summed E-state index contributed by atoms with van der Waals surface area (Å²) in [6.45, 7) is 1.56. The second kappa shape index (κ2) is 4.86. The Morgan fingerprint density at radius 1 is 1.56 bits per heavy atom. The highest BCUT2D eigenvalue weighted by molar-refractivity contribution is 5.83. The highest BCUT2D eigenvalue weighted by Crippen LogP contribution is 2.01. The molecular formula is C9H14N4O3. The van der Waals surface area contributed by atoms with Crippen LogP contribution in [0.25, 0.3) is 0 Å². The first-order valence-electron chi connectivity index (χ1n) is 4.73. The van der Waals surface area contributed by atoms with Crippen molar-refractivity contribution in [3.05, 3.63) is 18.2 Å². The SMILES string of the molecule is CC(N)C(=O)n1cnc(C[C@H](N)C(=O)O)c1.